The molecule has 2 unspecified atom stereocenters. The molecule has 4 heteroatoms. The molecule has 0 aliphatic heterocycles. The summed E-state index contributed by atoms with van der Waals surface area (Å²) in [4.78, 5) is 0. The van der Waals surface area contributed by atoms with Crippen molar-refractivity contribution >= 4 is 0 Å². The van der Waals surface area contributed by atoms with E-state index in [2.05, 4.69) is 34.6 Å². The van der Waals surface area contributed by atoms with Crippen LogP contribution in [-0.4, -0.2) is 43.8 Å². The number of fused-ring (bicyclic) bond motifs is 5. The summed E-state index contributed by atoms with van der Waals surface area (Å²) in [5.41, 5.74) is -1.22. The third-order valence-corrected chi connectivity index (χ3v) is 12.9. The highest BCUT2D eigenvalue weighted by Gasteiger charge is 2.69. The summed E-state index contributed by atoms with van der Waals surface area (Å²) < 4.78 is 0. The molecule has 4 aliphatic carbocycles. The Kier molecular flexibility index (Phi) is 6.46. The summed E-state index contributed by atoms with van der Waals surface area (Å²) in [6.07, 6.45) is 9.08. The van der Waals surface area contributed by atoms with Crippen LogP contribution in [0, 0.1) is 45.3 Å². The van der Waals surface area contributed by atoms with Crippen LogP contribution in [0.3, 0.4) is 0 Å². The fourth-order valence-corrected chi connectivity index (χ4v) is 10.4. The van der Waals surface area contributed by atoms with Crippen LogP contribution in [0.1, 0.15) is 120 Å². The van der Waals surface area contributed by atoms with Gasteiger partial charge in [0.05, 0.1) is 23.4 Å². The number of aliphatic hydroxyl groups is 4. The minimum Gasteiger partial charge on any atom is -0.393 e. The van der Waals surface area contributed by atoms with Crippen molar-refractivity contribution in [1.82, 2.24) is 0 Å². The molecule has 0 aromatic rings. The molecule has 4 N–H and O–H groups in total. The third kappa shape index (κ3) is 3.75. The number of hydrogen-bond acceptors (Lipinski definition) is 4. The predicted octanol–water partition coefficient (Wildman–Crippen LogP) is 5.70. The Labute approximate surface area is 208 Å². The molecule has 0 spiro atoms. The van der Waals surface area contributed by atoms with E-state index in [9.17, 15) is 20.4 Å². The van der Waals surface area contributed by atoms with E-state index in [1.54, 1.807) is 13.8 Å². The SMILES string of the molecule is CC(C)(O)C(O)CC[C@](C)(O)[C@H]1CC[C@]2(C)[C@@H]1CC[C@@H]1[C@@]3(C)CCC(O)C(C)(C)[C@@H]3CC[C@]12C. The van der Waals surface area contributed by atoms with Gasteiger partial charge in [-0.25, -0.2) is 0 Å². The first-order valence-electron chi connectivity index (χ1n) is 14.2. The Morgan fingerprint density at radius 3 is 2.03 bits per heavy atom. The van der Waals surface area contributed by atoms with Crippen LogP contribution in [0.25, 0.3) is 0 Å². The minimum atomic E-state index is -1.14. The zero-order valence-electron chi connectivity index (χ0n) is 23.3. The van der Waals surface area contributed by atoms with Crippen LogP contribution in [-0.2, 0) is 0 Å². The van der Waals surface area contributed by atoms with Crippen LogP contribution >= 0.6 is 0 Å². The topological polar surface area (TPSA) is 80.9 Å². The van der Waals surface area contributed by atoms with E-state index in [1.165, 1.54) is 32.1 Å². The molecule has 0 bridgehead atoms. The summed E-state index contributed by atoms with van der Waals surface area (Å²) in [7, 11) is 0. The van der Waals surface area contributed by atoms with Gasteiger partial charge in [-0.1, -0.05) is 34.6 Å². The molecule has 4 rings (SSSR count). The number of rotatable bonds is 5. The lowest BCUT2D eigenvalue weighted by Gasteiger charge is -2.70. The first-order valence-corrected chi connectivity index (χ1v) is 14.2. The van der Waals surface area contributed by atoms with Gasteiger partial charge in [-0.05, 0) is 130 Å². The highest BCUT2D eigenvalue weighted by atomic mass is 16.3. The average molecular weight is 479 g/mol. The molecule has 0 aromatic carbocycles. The molecule has 0 heterocycles. The van der Waals surface area contributed by atoms with Gasteiger partial charge in [-0.2, -0.15) is 0 Å². The maximum Gasteiger partial charge on any atom is 0.0849 e. The molecule has 4 saturated carbocycles. The van der Waals surface area contributed by atoms with Gasteiger partial charge in [0.1, 0.15) is 0 Å². The molecule has 0 aromatic heterocycles. The lowest BCUT2D eigenvalue weighted by molar-refractivity contribution is -0.225. The van der Waals surface area contributed by atoms with Gasteiger partial charge in [0, 0.05) is 0 Å². The van der Waals surface area contributed by atoms with Crippen molar-refractivity contribution in [2.75, 3.05) is 0 Å². The summed E-state index contributed by atoms with van der Waals surface area (Å²) in [6, 6.07) is 0. The monoisotopic (exact) mass is 478 g/mol. The van der Waals surface area contributed by atoms with Gasteiger partial charge in [-0.15, -0.1) is 0 Å². The average Bonchev–Trinajstić information content (AvgIpc) is 3.08. The molecule has 0 radical (unpaired) electrons. The second-order valence-corrected chi connectivity index (χ2v) is 15.3. The normalized spacial score (nSPS) is 48.9. The smallest absolute Gasteiger partial charge is 0.0849 e. The zero-order chi connectivity index (χ0) is 25.5. The molecule has 4 fully saturated rings. The number of aliphatic hydroxyl groups excluding tert-OH is 2. The Hall–Kier alpha value is -0.160. The summed E-state index contributed by atoms with van der Waals surface area (Å²) >= 11 is 0. The second kappa shape index (κ2) is 8.17. The van der Waals surface area contributed by atoms with Gasteiger partial charge in [-0.3, -0.25) is 0 Å². The molecule has 34 heavy (non-hydrogen) atoms. The lowest BCUT2D eigenvalue weighted by atomic mass is 9.35. The largest absolute Gasteiger partial charge is 0.393 e. The fourth-order valence-electron chi connectivity index (χ4n) is 10.4. The van der Waals surface area contributed by atoms with Crippen LogP contribution in [0.15, 0.2) is 0 Å². The highest BCUT2D eigenvalue weighted by molar-refractivity contribution is 5.18. The van der Waals surface area contributed by atoms with E-state index >= 15 is 0 Å². The lowest BCUT2D eigenvalue weighted by Crippen LogP contribution is -2.64. The summed E-state index contributed by atoms with van der Waals surface area (Å²) in [5, 5.41) is 43.1. The molecule has 0 saturated heterocycles. The van der Waals surface area contributed by atoms with E-state index in [0.717, 1.165) is 19.3 Å². The van der Waals surface area contributed by atoms with Gasteiger partial charge < -0.3 is 20.4 Å². The fraction of sp³-hybridized carbons (Fsp3) is 1.00. The molecule has 4 nitrogen and oxygen atoms in total. The van der Waals surface area contributed by atoms with Crippen molar-refractivity contribution in [2.24, 2.45) is 45.3 Å². The van der Waals surface area contributed by atoms with Crippen molar-refractivity contribution in [1.29, 1.82) is 0 Å². The van der Waals surface area contributed by atoms with Gasteiger partial charge in [0.25, 0.3) is 0 Å². The molecular weight excluding hydrogens is 424 g/mol. The van der Waals surface area contributed by atoms with E-state index in [0.29, 0.717) is 30.6 Å². The summed E-state index contributed by atoms with van der Waals surface area (Å²) in [5.74, 6) is 2.00. The Morgan fingerprint density at radius 1 is 0.794 bits per heavy atom. The van der Waals surface area contributed by atoms with Crippen molar-refractivity contribution in [2.45, 2.75) is 143 Å². The zero-order valence-corrected chi connectivity index (χ0v) is 23.3. The first-order chi connectivity index (χ1) is 15.4. The van der Waals surface area contributed by atoms with E-state index in [-0.39, 0.29) is 33.7 Å². The van der Waals surface area contributed by atoms with Crippen molar-refractivity contribution in [3.63, 3.8) is 0 Å². The third-order valence-electron chi connectivity index (χ3n) is 12.9. The second-order valence-electron chi connectivity index (χ2n) is 15.3. The molecule has 10 atom stereocenters. The highest BCUT2D eigenvalue weighted by Crippen LogP contribution is 2.75. The maximum atomic E-state index is 11.7. The van der Waals surface area contributed by atoms with Crippen LogP contribution in [0.4, 0.5) is 0 Å². The molecule has 198 valence electrons. The molecular formula is C30H54O4. The van der Waals surface area contributed by atoms with Crippen molar-refractivity contribution < 1.29 is 20.4 Å². The Balaban J connectivity index is 1.58. The standard InChI is InChI=1S/C30H54O4/c1-25(2)21-12-17-29(7)22(27(21,5)15-13-23(25)31)10-9-19-20(11-16-28(19,29)6)30(8,34)18-14-24(32)26(3,4)33/h19-24,31-34H,9-18H2,1-8H3/t19-,20+,21+,22-,23?,24?,27+,28-,29-,30+/m1/s1. The van der Waals surface area contributed by atoms with Crippen LogP contribution < -0.4 is 0 Å². The van der Waals surface area contributed by atoms with Crippen LogP contribution in [0.2, 0.25) is 0 Å². The minimum absolute atomic E-state index is 0.0186. The van der Waals surface area contributed by atoms with Gasteiger partial charge in [0.15, 0.2) is 0 Å². The van der Waals surface area contributed by atoms with E-state index in [4.69, 9.17) is 0 Å². The van der Waals surface area contributed by atoms with Crippen molar-refractivity contribution in [3.05, 3.63) is 0 Å². The van der Waals surface area contributed by atoms with E-state index in [1.807, 2.05) is 6.92 Å². The Bertz CT molecular complexity index is 768. The number of hydrogen-bond donors (Lipinski definition) is 4. The van der Waals surface area contributed by atoms with Gasteiger partial charge >= 0.3 is 0 Å². The van der Waals surface area contributed by atoms with Gasteiger partial charge in [0.2, 0.25) is 0 Å². The summed E-state index contributed by atoms with van der Waals surface area (Å²) in [6.45, 7) is 17.6. The van der Waals surface area contributed by atoms with E-state index < -0.39 is 17.3 Å². The van der Waals surface area contributed by atoms with Crippen molar-refractivity contribution in [3.8, 4) is 0 Å². The van der Waals surface area contributed by atoms with Crippen LogP contribution in [0.5, 0.6) is 0 Å². The molecule has 4 aliphatic rings. The Morgan fingerprint density at radius 2 is 1.41 bits per heavy atom. The predicted molar refractivity (Wildman–Crippen MR) is 137 cm³/mol. The quantitative estimate of drug-likeness (QED) is 0.409. The first kappa shape index (κ1) is 26.9. The molecule has 0 amide bonds. The maximum absolute atomic E-state index is 11.7.